The molecule has 0 atom stereocenters. The largest absolute Gasteiger partial charge is 0.269 e. The fourth-order valence-corrected chi connectivity index (χ4v) is 2.01. The Balaban J connectivity index is 3.08. The van der Waals surface area contributed by atoms with E-state index in [1.54, 1.807) is 6.92 Å². The third-order valence-corrected chi connectivity index (χ3v) is 2.71. The van der Waals surface area contributed by atoms with E-state index in [4.69, 9.17) is 0 Å². The first kappa shape index (κ1) is 12.4. The average Bonchev–Trinajstić information content (AvgIpc) is 2.15. The number of nitrogens with zero attached hydrogens (tertiary/aromatic N) is 1. The monoisotopic (exact) mass is 241 g/mol. The minimum absolute atomic E-state index is 0.0177. The van der Waals surface area contributed by atoms with Gasteiger partial charge in [-0.3, -0.25) is 10.1 Å². The summed E-state index contributed by atoms with van der Waals surface area (Å²) in [5.74, 6) is 0. The molecule has 1 aromatic carbocycles. The molecule has 1 rings (SSSR count). The van der Waals surface area contributed by atoms with Crippen LogP contribution in [0.4, 0.5) is 5.69 Å². The summed E-state index contributed by atoms with van der Waals surface area (Å²) in [7, 11) is -3.19. The van der Waals surface area contributed by atoms with Crippen LogP contribution < -0.4 is 0 Å². The summed E-state index contributed by atoms with van der Waals surface area (Å²) in [6.45, 7) is 1.64. The van der Waals surface area contributed by atoms with Crippen molar-refractivity contribution in [2.45, 2.75) is 6.92 Å². The van der Waals surface area contributed by atoms with Gasteiger partial charge in [-0.2, -0.15) is 0 Å². The summed E-state index contributed by atoms with van der Waals surface area (Å²) in [6.07, 6.45) is 1.10. The third kappa shape index (κ3) is 3.47. The molecule has 6 heteroatoms. The summed E-state index contributed by atoms with van der Waals surface area (Å²) in [6, 6.07) is 5.73. The third-order valence-electron chi connectivity index (χ3n) is 1.92. The summed E-state index contributed by atoms with van der Waals surface area (Å²) in [5, 5.41) is 11.5. The standard InChI is InChI=1S/C10H11NO4S/c1-8(7-16(2,14)15)9-3-5-10(6-4-9)11(12)13/h3-7H,1-2H3/b8-7-. The lowest BCUT2D eigenvalue weighted by Crippen LogP contribution is -1.92. The van der Waals surface area contributed by atoms with Crippen LogP contribution in [-0.2, 0) is 9.84 Å². The van der Waals surface area contributed by atoms with Crippen molar-refractivity contribution in [2.24, 2.45) is 0 Å². The Morgan fingerprint density at radius 3 is 2.19 bits per heavy atom. The number of nitro groups is 1. The first-order valence-corrected chi connectivity index (χ1v) is 6.38. The molecule has 0 aliphatic rings. The predicted molar refractivity (Wildman–Crippen MR) is 61.6 cm³/mol. The Morgan fingerprint density at radius 2 is 1.81 bits per heavy atom. The molecule has 0 amide bonds. The van der Waals surface area contributed by atoms with E-state index < -0.39 is 14.8 Å². The zero-order valence-corrected chi connectivity index (χ0v) is 9.69. The summed E-state index contributed by atoms with van der Waals surface area (Å²) in [5.41, 5.74) is 1.18. The van der Waals surface area contributed by atoms with E-state index in [9.17, 15) is 18.5 Å². The molecule has 0 fully saturated rings. The Kier molecular flexibility index (Phi) is 3.44. The van der Waals surface area contributed by atoms with E-state index in [2.05, 4.69) is 0 Å². The van der Waals surface area contributed by atoms with Crippen LogP contribution in [0, 0.1) is 10.1 Å². The second kappa shape index (κ2) is 4.44. The van der Waals surface area contributed by atoms with Crippen LogP contribution in [0.1, 0.15) is 12.5 Å². The fourth-order valence-electron chi connectivity index (χ4n) is 1.24. The number of hydrogen-bond acceptors (Lipinski definition) is 4. The van der Waals surface area contributed by atoms with E-state index in [-0.39, 0.29) is 5.69 Å². The normalized spacial score (nSPS) is 12.5. The van der Waals surface area contributed by atoms with Gasteiger partial charge in [0.05, 0.1) is 4.92 Å². The van der Waals surface area contributed by atoms with Gasteiger partial charge < -0.3 is 0 Å². The van der Waals surface area contributed by atoms with E-state index in [1.165, 1.54) is 24.3 Å². The molecule has 16 heavy (non-hydrogen) atoms. The van der Waals surface area contributed by atoms with Gasteiger partial charge in [-0.1, -0.05) is 0 Å². The maximum atomic E-state index is 11.0. The highest BCUT2D eigenvalue weighted by Gasteiger charge is 2.06. The molecule has 0 aliphatic carbocycles. The first-order valence-electron chi connectivity index (χ1n) is 4.43. The number of hydrogen-bond donors (Lipinski definition) is 0. The lowest BCUT2D eigenvalue weighted by atomic mass is 10.1. The highest BCUT2D eigenvalue weighted by atomic mass is 32.2. The summed E-state index contributed by atoms with van der Waals surface area (Å²) in [4.78, 5) is 9.91. The van der Waals surface area contributed by atoms with Crippen molar-refractivity contribution in [3.8, 4) is 0 Å². The van der Waals surface area contributed by atoms with Crippen LogP contribution in [0.15, 0.2) is 29.7 Å². The van der Waals surface area contributed by atoms with Gasteiger partial charge in [0.1, 0.15) is 0 Å². The molecule has 0 radical (unpaired) electrons. The van der Waals surface area contributed by atoms with Crippen LogP contribution >= 0.6 is 0 Å². The lowest BCUT2D eigenvalue weighted by Gasteiger charge is -2.00. The smallest absolute Gasteiger partial charge is 0.258 e. The van der Waals surface area contributed by atoms with Crippen LogP contribution in [0.2, 0.25) is 0 Å². The lowest BCUT2D eigenvalue weighted by molar-refractivity contribution is -0.384. The Labute approximate surface area is 93.5 Å². The molecule has 5 nitrogen and oxygen atoms in total. The molecule has 0 saturated carbocycles. The van der Waals surface area contributed by atoms with Crippen LogP contribution in [0.3, 0.4) is 0 Å². The van der Waals surface area contributed by atoms with Gasteiger partial charge in [0, 0.05) is 23.8 Å². The molecular weight excluding hydrogens is 230 g/mol. The molecule has 0 bridgehead atoms. The highest BCUT2D eigenvalue weighted by Crippen LogP contribution is 2.18. The van der Waals surface area contributed by atoms with Crippen LogP contribution in [-0.4, -0.2) is 19.6 Å². The van der Waals surface area contributed by atoms with Crippen molar-refractivity contribution >= 4 is 21.1 Å². The van der Waals surface area contributed by atoms with Crippen molar-refractivity contribution in [1.82, 2.24) is 0 Å². The molecule has 86 valence electrons. The Morgan fingerprint density at radius 1 is 1.31 bits per heavy atom. The van der Waals surface area contributed by atoms with Crippen molar-refractivity contribution in [3.63, 3.8) is 0 Å². The quantitative estimate of drug-likeness (QED) is 0.599. The number of rotatable bonds is 3. The summed E-state index contributed by atoms with van der Waals surface area (Å²) >= 11 is 0. The van der Waals surface area contributed by atoms with E-state index in [1.807, 2.05) is 0 Å². The maximum Gasteiger partial charge on any atom is 0.269 e. The topological polar surface area (TPSA) is 77.3 Å². The number of nitro benzene ring substituents is 1. The van der Waals surface area contributed by atoms with Crippen LogP contribution in [0.25, 0.3) is 5.57 Å². The zero-order valence-electron chi connectivity index (χ0n) is 8.88. The SMILES string of the molecule is C/C(=C/S(C)(=O)=O)c1ccc([N+](=O)[O-])cc1. The van der Waals surface area contributed by atoms with Gasteiger partial charge in [0.2, 0.25) is 0 Å². The number of non-ortho nitro benzene ring substituents is 1. The maximum absolute atomic E-state index is 11.0. The van der Waals surface area contributed by atoms with Gasteiger partial charge in [-0.05, 0) is 30.2 Å². The van der Waals surface area contributed by atoms with E-state index in [0.717, 1.165) is 11.7 Å². The van der Waals surface area contributed by atoms with Crippen molar-refractivity contribution < 1.29 is 13.3 Å². The number of sulfone groups is 1. The second-order valence-corrected chi connectivity index (χ2v) is 5.33. The molecule has 0 unspecified atom stereocenters. The van der Waals surface area contributed by atoms with E-state index >= 15 is 0 Å². The van der Waals surface area contributed by atoms with Gasteiger partial charge in [0.25, 0.3) is 5.69 Å². The summed E-state index contributed by atoms with van der Waals surface area (Å²) < 4.78 is 22.0. The van der Waals surface area contributed by atoms with Crippen molar-refractivity contribution in [2.75, 3.05) is 6.26 Å². The molecule has 0 aromatic heterocycles. The minimum Gasteiger partial charge on any atom is -0.258 e. The molecule has 1 aromatic rings. The Hall–Kier alpha value is -1.69. The first-order chi connectivity index (χ1) is 7.29. The van der Waals surface area contributed by atoms with Gasteiger partial charge in [0.15, 0.2) is 9.84 Å². The average molecular weight is 241 g/mol. The van der Waals surface area contributed by atoms with Crippen molar-refractivity contribution in [1.29, 1.82) is 0 Å². The molecular formula is C10H11NO4S. The molecule has 0 heterocycles. The van der Waals surface area contributed by atoms with Gasteiger partial charge >= 0.3 is 0 Å². The Bertz CT molecular complexity index is 528. The fraction of sp³-hybridized carbons (Fsp3) is 0.200. The molecule has 0 aliphatic heterocycles. The molecule has 0 spiro atoms. The molecule has 0 saturated heterocycles. The highest BCUT2D eigenvalue weighted by molar-refractivity contribution is 7.93. The predicted octanol–water partition coefficient (Wildman–Crippen LogP) is 2.00. The van der Waals surface area contributed by atoms with Gasteiger partial charge in [-0.15, -0.1) is 0 Å². The van der Waals surface area contributed by atoms with Crippen LogP contribution in [0.5, 0.6) is 0 Å². The second-order valence-electron chi connectivity index (χ2n) is 3.43. The van der Waals surface area contributed by atoms with E-state index in [0.29, 0.717) is 11.1 Å². The zero-order chi connectivity index (χ0) is 12.3. The number of benzene rings is 1. The molecule has 0 N–H and O–H groups in total. The van der Waals surface area contributed by atoms with Gasteiger partial charge in [-0.25, -0.2) is 8.42 Å². The number of allylic oxidation sites excluding steroid dienone is 1. The minimum atomic E-state index is -3.19. The van der Waals surface area contributed by atoms with Crippen molar-refractivity contribution in [3.05, 3.63) is 45.4 Å².